The third-order valence-electron chi connectivity index (χ3n) is 5.32. The first-order valence-corrected chi connectivity index (χ1v) is 7.32. The third kappa shape index (κ3) is 1.82. The SMILES string of the molecule is O=C(c1cc(C2CC2)[nH]n1)N1C[C@@H]2CC[C@]2(C(F)(F)F)C1. The fourth-order valence-corrected chi connectivity index (χ4v) is 3.67. The average Bonchev–Trinajstić information content (AvgIpc) is 3.05. The number of nitrogens with one attached hydrogen (secondary N) is 1. The van der Waals surface area contributed by atoms with Crippen molar-refractivity contribution in [1.29, 1.82) is 0 Å². The number of hydrogen-bond acceptors (Lipinski definition) is 2. The Morgan fingerprint density at radius 1 is 1.38 bits per heavy atom. The van der Waals surface area contributed by atoms with Crippen LogP contribution in [-0.2, 0) is 0 Å². The lowest BCUT2D eigenvalue weighted by molar-refractivity contribution is -0.259. The zero-order valence-electron chi connectivity index (χ0n) is 11.4. The van der Waals surface area contributed by atoms with Crippen molar-refractivity contribution < 1.29 is 18.0 Å². The largest absolute Gasteiger partial charge is 0.396 e. The van der Waals surface area contributed by atoms with Crippen molar-refractivity contribution in [3.05, 3.63) is 17.5 Å². The molecule has 2 aliphatic carbocycles. The molecule has 3 aliphatic rings. The number of fused-ring (bicyclic) bond motifs is 1. The van der Waals surface area contributed by atoms with Crippen LogP contribution in [0.3, 0.4) is 0 Å². The second kappa shape index (κ2) is 4.01. The van der Waals surface area contributed by atoms with Crippen molar-refractivity contribution in [2.24, 2.45) is 11.3 Å². The van der Waals surface area contributed by atoms with Crippen molar-refractivity contribution in [2.75, 3.05) is 13.1 Å². The number of aromatic amines is 1. The Morgan fingerprint density at radius 3 is 2.67 bits per heavy atom. The highest BCUT2D eigenvalue weighted by Gasteiger charge is 2.68. The monoisotopic (exact) mass is 299 g/mol. The van der Waals surface area contributed by atoms with Crippen LogP contribution in [0.25, 0.3) is 0 Å². The van der Waals surface area contributed by atoms with E-state index in [-0.39, 0.29) is 31.1 Å². The minimum Gasteiger partial charge on any atom is -0.336 e. The van der Waals surface area contributed by atoms with Gasteiger partial charge in [0, 0.05) is 24.7 Å². The summed E-state index contributed by atoms with van der Waals surface area (Å²) in [6, 6.07) is 1.69. The molecule has 4 nitrogen and oxygen atoms in total. The van der Waals surface area contributed by atoms with Crippen molar-refractivity contribution in [3.63, 3.8) is 0 Å². The van der Waals surface area contributed by atoms with Crippen molar-refractivity contribution >= 4 is 5.91 Å². The molecule has 1 amide bonds. The molecule has 114 valence electrons. The van der Waals surface area contributed by atoms with Gasteiger partial charge in [-0.15, -0.1) is 0 Å². The van der Waals surface area contributed by atoms with E-state index in [0.717, 1.165) is 18.5 Å². The molecule has 1 saturated heterocycles. The number of amides is 1. The lowest BCUT2D eigenvalue weighted by Crippen LogP contribution is -2.51. The summed E-state index contributed by atoms with van der Waals surface area (Å²) in [5.74, 6) is -0.380. The molecule has 1 N–H and O–H groups in total. The van der Waals surface area contributed by atoms with E-state index in [1.807, 2.05) is 0 Å². The number of H-pyrrole nitrogens is 1. The second-order valence-electron chi connectivity index (χ2n) is 6.56. The molecular formula is C14H16F3N3O. The van der Waals surface area contributed by atoms with Gasteiger partial charge in [-0.25, -0.2) is 0 Å². The lowest BCUT2D eigenvalue weighted by Gasteiger charge is -2.44. The maximum Gasteiger partial charge on any atom is 0.396 e. The van der Waals surface area contributed by atoms with Crippen LogP contribution in [-0.4, -0.2) is 40.3 Å². The van der Waals surface area contributed by atoms with E-state index in [1.54, 1.807) is 6.07 Å². The zero-order valence-corrected chi connectivity index (χ0v) is 11.4. The first-order chi connectivity index (χ1) is 9.91. The number of rotatable bonds is 2. The van der Waals surface area contributed by atoms with Gasteiger partial charge in [-0.1, -0.05) is 0 Å². The summed E-state index contributed by atoms with van der Waals surface area (Å²) < 4.78 is 39.7. The van der Waals surface area contributed by atoms with Gasteiger partial charge in [-0.2, -0.15) is 18.3 Å². The number of carbonyl (C=O) groups is 1. The lowest BCUT2D eigenvalue weighted by atomic mass is 9.61. The molecule has 0 spiro atoms. The molecule has 7 heteroatoms. The first kappa shape index (κ1) is 13.2. The summed E-state index contributed by atoms with van der Waals surface area (Å²) in [6.07, 6.45) is -1.37. The number of aromatic nitrogens is 2. The highest BCUT2D eigenvalue weighted by Crippen LogP contribution is 2.60. The van der Waals surface area contributed by atoms with E-state index >= 15 is 0 Å². The minimum atomic E-state index is -4.23. The summed E-state index contributed by atoms with van der Waals surface area (Å²) in [5, 5.41) is 6.81. The van der Waals surface area contributed by atoms with Crippen LogP contribution < -0.4 is 0 Å². The Hall–Kier alpha value is -1.53. The van der Waals surface area contributed by atoms with Crippen LogP contribution in [0, 0.1) is 11.3 Å². The van der Waals surface area contributed by atoms with Gasteiger partial charge in [0.1, 0.15) is 5.69 Å². The maximum absolute atomic E-state index is 13.2. The highest BCUT2D eigenvalue weighted by molar-refractivity contribution is 5.92. The molecule has 0 radical (unpaired) electrons. The van der Waals surface area contributed by atoms with Gasteiger partial charge < -0.3 is 4.90 Å². The Morgan fingerprint density at radius 2 is 2.14 bits per heavy atom. The fourth-order valence-electron chi connectivity index (χ4n) is 3.67. The molecule has 2 saturated carbocycles. The topological polar surface area (TPSA) is 49.0 Å². The quantitative estimate of drug-likeness (QED) is 0.913. The smallest absolute Gasteiger partial charge is 0.336 e. The molecule has 3 fully saturated rings. The number of likely N-dealkylation sites (tertiary alicyclic amines) is 1. The predicted octanol–water partition coefficient (Wildman–Crippen LogP) is 2.70. The van der Waals surface area contributed by atoms with Crippen molar-refractivity contribution in [1.82, 2.24) is 15.1 Å². The first-order valence-electron chi connectivity index (χ1n) is 7.32. The Balaban J connectivity index is 1.53. The van der Waals surface area contributed by atoms with Gasteiger partial charge in [0.05, 0.1) is 5.41 Å². The summed E-state index contributed by atoms with van der Waals surface area (Å²) >= 11 is 0. The fraction of sp³-hybridized carbons (Fsp3) is 0.714. The molecule has 21 heavy (non-hydrogen) atoms. The van der Waals surface area contributed by atoms with Crippen LogP contribution in [0.5, 0.6) is 0 Å². The van der Waals surface area contributed by atoms with Gasteiger partial charge in [0.25, 0.3) is 5.91 Å². The van der Waals surface area contributed by atoms with Crippen LogP contribution >= 0.6 is 0 Å². The van der Waals surface area contributed by atoms with Crippen molar-refractivity contribution in [2.45, 2.75) is 37.8 Å². The number of alkyl halides is 3. The molecule has 1 aliphatic heterocycles. The van der Waals surface area contributed by atoms with E-state index in [9.17, 15) is 18.0 Å². The number of nitrogens with zero attached hydrogens (tertiary/aromatic N) is 2. The van der Waals surface area contributed by atoms with Gasteiger partial charge in [-0.3, -0.25) is 9.89 Å². The normalized spacial score (nSPS) is 32.0. The van der Waals surface area contributed by atoms with Crippen LogP contribution in [0.4, 0.5) is 13.2 Å². The zero-order chi connectivity index (χ0) is 14.8. The summed E-state index contributed by atoms with van der Waals surface area (Å²) in [5.41, 5.74) is -0.500. The van der Waals surface area contributed by atoms with E-state index in [1.165, 1.54) is 4.90 Å². The Labute approximate surface area is 119 Å². The average molecular weight is 299 g/mol. The van der Waals surface area contributed by atoms with Crippen LogP contribution in [0.1, 0.15) is 47.8 Å². The summed E-state index contributed by atoms with van der Waals surface area (Å²) in [4.78, 5) is 13.7. The van der Waals surface area contributed by atoms with Gasteiger partial charge in [0.15, 0.2) is 0 Å². The molecule has 0 unspecified atom stereocenters. The number of hydrogen-bond donors (Lipinski definition) is 1. The highest BCUT2D eigenvalue weighted by atomic mass is 19.4. The standard InChI is InChI=1S/C14H16F3N3O/c15-14(16,17)13-4-3-9(13)6-20(7-13)12(21)11-5-10(18-19-11)8-1-2-8/h5,8-9H,1-4,6-7H2,(H,18,19)/t9-,13-/m0/s1. The molecule has 1 aromatic rings. The van der Waals surface area contributed by atoms with Gasteiger partial charge >= 0.3 is 6.18 Å². The summed E-state index contributed by atoms with van der Waals surface area (Å²) in [6.45, 7) is -0.0183. The van der Waals surface area contributed by atoms with Crippen molar-refractivity contribution in [3.8, 4) is 0 Å². The molecule has 1 aromatic heterocycles. The molecule has 2 heterocycles. The van der Waals surface area contributed by atoms with E-state index in [4.69, 9.17) is 0 Å². The molecule has 4 rings (SSSR count). The van der Waals surface area contributed by atoms with E-state index in [2.05, 4.69) is 10.2 Å². The number of halogens is 3. The molecular weight excluding hydrogens is 283 g/mol. The molecule has 2 atom stereocenters. The van der Waals surface area contributed by atoms with Crippen LogP contribution in [0.2, 0.25) is 0 Å². The van der Waals surface area contributed by atoms with E-state index < -0.39 is 17.5 Å². The second-order valence-corrected chi connectivity index (χ2v) is 6.56. The third-order valence-corrected chi connectivity index (χ3v) is 5.32. The minimum absolute atomic E-state index is 0.138. The molecule has 0 aromatic carbocycles. The van der Waals surface area contributed by atoms with Crippen LogP contribution in [0.15, 0.2) is 6.07 Å². The molecule has 0 bridgehead atoms. The Bertz CT molecular complexity index is 593. The van der Waals surface area contributed by atoms with Gasteiger partial charge in [-0.05, 0) is 37.7 Å². The Kier molecular flexibility index (Phi) is 2.52. The summed E-state index contributed by atoms with van der Waals surface area (Å²) in [7, 11) is 0. The maximum atomic E-state index is 13.2. The predicted molar refractivity (Wildman–Crippen MR) is 67.7 cm³/mol. The number of carbonyl (C=O) groups excluding carboxylic acids is 1. The van der Waals surface area contributed by atoms with E-state index in [0.29, 0.717) is 12.3 Å². The van der Waals surface area contributed by atoms with Gasteiger partial charge in [0.2, 0.25) is 0 Å².